The van der Waals surface area contributed by atoms with Gasteiger partial charge in [-0.2, -0.15) is 5.10 Å². The number of carbonyl (C=O) groups excluding carboxylic acids is 2. The number of carbonyl (C=O) groups is 2. The van der Waals surface area contributed by atoms with E-state index in [1.54, 1.807) is 44.4 Å². The van der Waals surface area contributed by atoms with Gasteiger partial charge in [0.15, 0.2) is 5.69 Å². The first-order chi connectivity index (χ1) is 10.9. The zero-order valence-electron chi connectivity index (χ0n) is 13.1. The van der Waals surface area contributed by atoms with E-state index in [4.69, 9.17) is 4.74 Å². The Balaban J connectivity index is 2.30. The smallest absolute Gasteiger partial charge is 0.359 e. The van der Waals surface area contributed by atoms with Crippen molar-refractivity contribution >= 4 is 11.9 Å². The topological polar surface area (TPSA) is 81.5 Å². The highest BCUT2D eigenvalue weighted by atomic mass is 16.5. The highest BCUT2D eigenvalue weighted by Crippen LogP contribution is 2.20. The molecule has 0 bridgehead atoms. The summed E-state index contributed by atoms with van der Waals surface area (Å²) >= 11 is 0. The minimum atomic E-state index is -1.07. The van der Waals surface area contributed by atoms with E-state index in [9.17, 15) is 14.4 Å². The second kappa shape index (κ2) is 6.87. The van der Waals surface area contributed by atoms with E-state index in [2.05, 4.69) is 5.10 Å². The van der Waals surface area contributed by atoms with Crippen molar-refractivity contribution in [1.82, 2.24) is 14.7 Å². The zero-order chi connectivity index (χ0) is 17.0. The molecule has 2 aromatic rings. The quantitative estimate of drug-likeness (QED) is 0.778. The summed E-state index contributed by atoms with van der Waals surface area (Å²) in [6.07, 6.45) is -1.07. The van der Waals surface area contributed by atoms with Crippen LogP contribution in [0.5, 0.6) is 0 Å². The Labute approximate surface area is 133 Å². The van der Waals surface area contributed by atoms with Gasteiger partial charge < -0.3 is 9.64 Å². The molecule has 0 saturated heterocycles. The van der Waals surface area contributed by atoms with Gasteiger partial charge in [-0.15, -0.1) is 0 Å². The molecule has 1 heterocycles. The van der Waals surface area contributed by atoms with Gasteiger partial charge >= 0.3 is 5.97 Å². The fourth-order valence-corrected chi connectivity index (χ4v) is 1.90. The average molecular weight is 315 g/mol. The van der Waals surface area contributed by atoms with Crippen molar-refractivity contribution in [3.8, 4) is 0 Å². The maximum atomic E-state index is 12.3. The third-order valence-electron chi connectivity index (χ3n) is 3.16. The number of nitrogens with zero attached hydrogens (tertiary/aromatic N) is 3. The molecule has 0 fully saturated rings. The van der Waals surface area contributed by atoms with Crippen LogP contribution in [0.1, 0.15) is 22.2 Å². The van der Waals surface area contributed by atoms with Gasteiger partial charge in [-0.3, -0.25) is 9.59 Å². The summed E-state index contributed by atoms with van der Waals surface area (Å²) in [5, 5.41) is 3.83. The number of amides is 1. The van der Waals surface area contributed by atoms with Crippen LogP contribution in [-0.4, -0.2) is 40.7 Å². The first-order valence-corrected chi connectivity index (χ1v) is 6.91. The maximum Gasteiger partial charge on any atom is 0.359 e. The summed E-state index contributed by atoms with van der Waals surface area (Å²) in [7, 11) is 4.59. The summed E-state index contributed by atoms with van der Waals surface area (Å²) < 4.78 is 6.36. The van der Waals surface area contributed by atoms with Gasteiger partial charge in [-0.1, -0.05) is 30.3 Å². The molecule has 1 atom stereocenters. The summed E-state index contributed by atoms with van der Waals surface area (Å²) in [6, 6.07) is 11.2. The molecule has 0 aliphatic heterocycles. The highest BCUT2D eigenvalue weighted by molar-refractivity contribution is 5.91. The molecule has 1 aromatic carbocycles. The van der Waals surface area contributed by atoms with Crippen LogP contribution in [0, 0.1) is 0 Å². The first kappa shape index (κ1) is 16.4. The molecular weight excluding hydrogens is 298 g/mol. The first-order valence-electron chi connectivity index (χ1n) is 6.91. The van der Waals surface area contributed by atoms with Gasteiger partial charge in [-0.25, -0.2) is 9.48 Å². The van der Waals surface area contributed by atoms with Gasteiger partial charge in [0, 0.05) is 32.8 Å². The normalized spacial score (nSPS) is 11.6. The van der Waals surface area contributed by atoms with E-state index in [0.29, 0.717) is 5.56 Å². The fraction of sp³-hybridized carbons (Fsp3) is 0.250. The number of hydrogen-bond acceptors (Lipinski definition) is 5. The van der Waals surface area contributed by atoms with Gasteiger partial charge in [0.1, 0.15) is 0 Å². The van der Waals surface area contributed by atoms with Crippen molar-refractivity contribution in [2.45, 2.75) is 6.10 Å². The Hall–Kier alpha value is -2.96. The van der Waals surface area contributed by atoms with Crippen LogP contribution < -0.4 is 5.56 Å². The van der Waals surface area contributed by atoms with E-state index < -0.39 is 12.1 Å². The molecule has 0 spiro atoms. The Morgan fingerprint density at radius 1 is 1.13 bits per heavy atom. The van der Waals surface area contributed by atoms with Crippen LogP contribution in [0.15, 0.2) is 47.3 Å². The molecule has 0 radical (unpaired) electrons. The summed E-state index contributed by atoms with van der Waals surface area (Å²) in [5.74, 6) is -1.14. The van der Waals surface area contributed by atoms with Gasteiger partial charge in [0.25, 0.3) is 11.5 Å². The van der Waals surface area contributed by atoms with Crippen molar-refractivity contribution < 1.29 is 14.3 Å². The summed E-state index contributed by atoms with van der Waals surface area (Å²) in [5.41, 5.74) is 0.175. The highest BCUT2D eigenvalue weighted by Gasteiger charge is 2.27. The minimum Gasteiger partial charge on any atom is -0.443 e. The molecule has 7 nitrogen and oxygen atoms in total. The molecule has 7 heteroatoms. The van der Waals surface area contributed by atoms with Crippen molar-refractivity contribution in [3.05, 3.63) is 64.1 Å². The maximum absolute atomic E-state index is 12.3. The lowest BCUT2D eigenvalue weighted by molar-refractivity contribution is -0.138. The molecular formula is C16H17N3O4. The van der Waals surface area contributed by atoms with Crippen molar-refractivity contribution in [2.24, 2.45) is 7.05 Å². The molecule has 0 aliphatic carbocycles. The summed E-state index contributed by atoms with van der Waals surface area (Å²) in [6.45, 7) is 0. The third-order valence-corrected chi connectivity index (χ3v) is 3.16. The van der Waals surface area contributed by atoms with E-state index in [1.165, 1.54) is 24.1 Å². The minimum absolute atomic E-state index is 0.0420. The second-order valence-electron chi connectivity index (χ2n) is 5.11. The largest absolute Gasteiger partial charge is 0.443 e. The number of hydrogen-bond donors (Lipinski definition) is 0. The van der Waals surface area contributed by atoms with Crippen molar-refractivity contribution in [1.29, 1.82) is 0 Å². The number of aromatic nitrogens is 2. The Morgan fingerprint density at radius 3 is 2.35 bits per heavy atom. The van der Waals surface area contributed by atoms with Gasteiger partial charge in [-0.05, 0) is 6.07 Å². The van der Waals surface area contributed by atoms with E-state index >= 15 is 0 Å². The number of esters is 1. The molecule has 23 heavy (non-hydrogen) atoms. The van der Waals surface area contributed by atoms with Crippen LogP contribution in [0.2, 0.25) is 0 Å². The van der Waals surface area contributed by atoms with Crippen LogP contribution in [0.25, 0.3) is 0 Å². The second-order valence-corrected chi connectivity index (χ2v) is 5.11. The van der Waals surface area contributed by atoms with E-state index in [-0.39, 0.29) is 17.2 Å². The van der Waals surface area contributed by atoms with E-state index in [1.807, 2.05) is 0 Å². The van der Waals surface area contributed by atoms with Crippen molar-refractivity contribution in [3.63, 3.8) is 0 Å². The number of ether oxygens (including phenoxy) is 1. The van der Waals surface area contributed by atoms with Crippen molar-refractivity contribution in [2.75, 3.05) is 14.1 Å². The molecule has 1 aromatic heterocycles. The van der Waals surface area contributed by atoms with Crippen LogP contribution in [0.4, 0.5) is 0 Å². The Bertz CT molecular complexity index is 768. The predicted molar refractivity (Wildman–Crippen MR) is 82.8 cm³/mol. The number of rotatable bonds is 4. The molecule has 0 N–H and O–H groups in total. The SMILES string of the molecule is CN(C)C(=O)C(OC(=O)c1ccc(=O)n(C)n1)c1ccccc1. The lowest BCUT2D eigenvalue weighted by atomic mass is 10.1. The average Bonchev–Trinajstić information content (AvgIpc) is 2.55. The van der Waals surface area contributed by atoms with Crippen LogP contribution in [0.3, 0.4) is 0 Å². The van der Waals surface area contributed by atoms with Crippen LogP contribution in [-0.2, 0) is 16.6 Å². The number of aryl methyl sites for hydroxylation is 1. The summed E-state index contributed by atoms with van der Waals surface area (Å²) in [4.78, 5) is 37.2. The number of likely N-dealkylation sites (N-methyl/N-ethyl adjacent to an activating group) is 1. The molecule has 0 saturated carbocycles. The molecule has 1 unspecified atom stereocenters. The number of benzene rings is 1. The monoisotopic (exact) mass is 315 g/mol. The fourth-order valence-electron chi connectivity index (χ4n) is 1.90. The predicted octanol–water partition coefficient (Wildman–Crippen LogP) is 0.767. The van der Waals surface area contributed by atoms with Crippen LogP contribution >= 0.6 is 0 Å². The lowest BCUT2D eigenvalue weighted by Gasteiger charge is -2.21. The molecule has 120 valence electrons. The van der Waals surface area contributed by atoms with Gasteiger partial charge in [0.05, 0.1) is 0 Å². The third kappa shape index (κ3) is 3.82. The Morgan fingerprint density at radius 2 is 1.78 bits per heavy atom. The lowest BCUT2D eigenvalue weighted by Crippen LogP contribution is -2.32. The Kier molecular flexibility index (Phi) is 4.90. The standard InChI is InChI=1S/C16H17N3O4/c1-18(2)15(21)14(11-7-5-4-6-8-11)23-16(22)12-9-10-13(20)19(3)17-12/h4-10,14H,1-3H3. The zero-order valence-corrected chi connectivity index (χ0v) is 13.1. The molecule has 0 aliphatic rings. The molecule has 2 rings (SSSR count). The van der Waals surface area contributed by atoms with E-state index in [0.717, 1.165) is 4.68 Å². The molecule has 1 amide bonds. The van der Waals surface area contributed by atoms with Gasteiger partial charge in [0.2, 0.25) is 6.10 Å².